The number of carbonyl (C=O) groups is 1. The zero-order chi connectivity index (χ0) is 15.9. The molecule has 1 aromatic rings. The minimum atomic E-state index is -0.552. The van der Waals surface area contributed by atoms with Crippen LogP contribution in [0.2, 0.25) is 0 Å². The molecular formula is C17H26N2O2S. The van der Waals surface area contributed by atoms with Crippen LogP contribution in [0, 0.1) is 0 Å². The summed E-state index contributed by atoms with van der Waals surface area (Å²) < 4.78 is 0. The van der Waals surface area contributed by atoms with Gasteiger partial charge in [-0.15, -0.1) is 0 Å². The van der Waals surface area contributed by atoms with Crippen molar-refractivity contribution in [3.05, 3.63) is 35.9 Å². The van der Waals surface area contributed by atoms with Gasteiger partial charge in [-0.2, -0.15) is 11.8 Å². The van der Waals surface area contributed by atoms with E-state index in [1.807, 2.05) is 49.0 Å². The van der Waals surface area contributed by atoms with Gasteiger partial charge in [0.2, 0.25) is 0 Å². The quantitative estimate of drug-likeness (QED) is 0.754. The lowest BCUT2D eigenvalue weighted by Crippen LogP contribution is -2.45. The van der Waals surface area contributed by atoms with E-state index in [1.54, 1.807) is 0 Å². The Hall–Kier alpha value is -1.20. The van der Waals surface area contributed by atoms with Crippen molar-refractivity contribution in [3.63, 3.8) is 0 Å². The van der Waals surface area contributed by atoms with E-state index in [0.29, 0.717) is 11.7 Å². The number of nitrogens with one attached hydrogen (secondary N) is 2. The van der Waals surface area contributed by atoms with Gasteiger partial charge >= 0.3 is 6.03 Å². The molecule has 1 fully saturated rings. The lowest BCUT2D eigenvalue weighted by atomic mass is 10.0. The Bertz CT molecular complexity index is 469. The maximum absolute atomic E-state index is 12.0. The van der Waals surface area contributed by atoms with E-state index >= 15 is 0 Å². The first-order chi connectivity index (χ1) is 10.6. The highest BCUT2D eigenvalue weighted by molar-refractivity contribution is 7.99. The lowest BCUT2D eigenvalue weighted by Gasteiger charge is -2.20. The fourth-order valence-electron chi connectivity index (χ4n) is 2.94. The van der Waals surface area contributed by atoms with Crippen LogP contribution >= 0.6 is 11.8 Å². The van der Waals surface area contributed by atoms with E-state index in [2.05, 4.69) is 16.9 Å². The van der Waals surface area contributed by atoms with Gasteiger partial charge in [0.25, 0.3) is 0 Å². The molecule has 2 amide bonds. The van der Waals surface area contributed by atoms with Crippen LogP contribution in [0.3, 0.4) is 0 Å². The van der Waals surface area contributed by atoms with Crippen molar-refractivity contribution in [3.8, 4) is 0 Å². The van der Waals surface area contributed by atoms with E-state index in [1.165, 1.54) is 6.42 Å². The molecule has 3 N–H and O–H groups in total. The Kier molecular flexibility index (Phi) is 6.58. The SMILES string of the molecule is CS[C@@H]1CC[C@H](NC(=O)N[C@H](C)C[C@H](O)c2ccccc2)C1. The lowest BCUT2D eigenvalue weighted by molar-refractivity contribution is 0.154. The van der Waals surface area contributed by atoms with Crippen LogP contribution in [0.4, 0.5) is 4.79 Å². The summed E-state index contributed by atoms with van der Waals surface area (Å²) in [6.07, 6.45) is 5.36. The number of aliphatic hydroxyl groups is 1. The van der Waals surface area contributed by atoms with Crippen LogP contribution < -0.4 is 10.6 Å². The van der Waals surface area contributed by atoms with Gasteiger partial charge in [0.1, 0.15) is 0 Å². The molecule has 1 saturated carbocycles. The van der Waals surface area contributed by atoms with Gasteiger partial charge < -0.3 is 15.7 Å². The second-order valence-corrected chi connectivity index (χ2v) is 7.19. The summed E-state index contributed by atoms with van der Waals surface area (Å²) in [6.45, 7) is 1.92. The molecule has 122 valence electrons. The second kappa shape index (κ2) is 8.44. The van der Waals surface area contributed by atoms with Gasteiger partial charge in [-0.05, 0) is 44.4 Å². The van der Waals surface area contributed by atoms with Crippen molar-refractivity contribution in [1.82, 2.24) is 10.6 Å². The summed E-state index contributed by atoms with van der Waals surface area (Å²) >= 11 is 1.88. The van der Waals surface area contributed by atoms with Crippen LogP contribution in [-0.2, 0) is 0 Å². The molecule has 4 atom stereocenters. The molecule has 0 saturated heterocycles. The number of urea groups is 1. The molecule has 0 bridgehead atoms. The van der Waals surface area contributed by atoms with Crippen LogP contribution in [0.5, 0.6) is 0 Å². The second-order valence-electron chi connectivity index (χ2n) is 6.05. The van der Waals surface area contributed by atoms with Gasteiger partial charge in [0, 0.05) is 17.3 Å². The third-order valence-electron chi connectivity index (χ3n) is 4.19. The van der Waals surface area contributed by atoms with Crippen molar-refractivity contribution < 1.29 is 9.90 Å². The Balaban J connectivity index is 1.72. The topological polar surface area (TPSA) is 61.4 Å². The molecule has 0 heterocycles. The molecule has 0 radical (unpaired) electrons. The molecule has 4 nitrogen and oxygen atoms in total. The molecule has 0 unspecified atom stereocenters. The van der Waals surface area contributed by atoms with Crippen molar-refractivity contribution in [2.24, 2.45) is 0 Å². The highest BCUT2D eigenvalue weighted by Gasteiger charge is 2.25. The first-order valence-corrected chi connectivity index (χ1v) is 9.20. The van der Waals surface area contributed by atoms with Crippen molar-refractivity contribution in [1.29, 1.82) is 0 Å². The smallest absolute Gasteiger partial charge is 0.315 e. The summed E-state index contributed by atoms with van der Waals surface area (Å²) in [6, 6.07) is 9.62. The number of hydrogen-bond donors (Lipinski definition) is 3. The van der Waals surface area contributed by atoms with E-state index in [9.17, 15) is 9.90 Å². The molecule has 0 aromatic heterocycles. The predicted molar refractivity (Wildman–Crippen MR) is 92.1 cm³/mol. The first kappa shape index (κ1) is 17.2. The van der Waals surface area contributed by atoms with Gasteiger partial charge in [0.05, 0.1) is 6.10 Å². The molecular weight excluding hydrogens is 296 g/mol. The summed E-state index contributed by atoms with van der Waals surface area (Å²) in [4.78, 5) is 12.0. The van der Waals surface area contributed by atoms with E-state index in [0.717, 1.165) is 18.4 Å². The normalized spacial score (nSPS) is 23.8. The molecule has 0 aliphatic heterocycles. The third-order valence-corrected chi connectivity index (χ3v) is 5.29. The zero-order valence-corrected chi connectivity index (χ0v) is 14.1. The maximum Gasteiger partial charge on any atom is 0.315 e. The van der Waals surface area contributed by atoms with Gasteiger partial charge in [-0.3, -0.25) is 0 Å². The third kappa shape index (κ3) is 5.21. The molecule has 1 aliphatic rings. The van der Waals surface area contributed by atoms with Crippen molar-refractivity contribution in [2.45, 2.75) is 56.0 Å². The fourth-order valence-corrected chi connectivity index (χ4v) is 3.74. The minimum absolute atomic E-state index is 0.0760. The summed E-state index contributed by atoms with van der Waals surface area (Å²) in [5.74, 6) is 0. The zero-order valence-electron chi connectivity index (χ0n) is 13.3. The summed E-state index contributed by atoms with van der Waals surface area (Å²) in [7, 11) is 0. The number of benzene rings is 1. The standard InChI is InChI=1S/C17H26N2O2S/c1-12(10-16(20)13-6-4-3-5-7-13)18-17(21)19-14-8-9-15(11-14)22-2/h3-7,12,14-16,20H,8-11H2,1-2H3,(H2,18,19,21)/t12-,14+,15-,16+/m1/s1. The monoisotopic (exact) mass is 322 g/mol. The maximum atomic E-state index is 12.0. The van der Waals surface area contributed by atoms with Crippen LogP contribution in [0.1, 0.15) is 44.3 Å². The fraction of sp³-hybridized carbons (Fsp3) is 0.588. The minimum Gasteiger partial charge on any atom is -0.388 e. The van der Waals surface area contributed by atoms with Gasteiger partial charge in [-0.1, -0.05) is 30.3 Å². The molecule has 5 heteroatoms. The van der Waals surface area contributed by atoms with E-state index in [4.69, 9.17) is 0 Å². The number of hydrogen-bond acceptors (Lipinski definition) is 3. The predicted octanol–water partition coefficient (Wildman–Crippen LogP) is 3.08. The van der Waals surface area contributed by atoms with Gasteiger partial charge in [0.15, 0.2) is 0 Å². The van der Waals surface area contributed by atoms with E-state index < -0.39 is 6.10 Å². The number of aliphatic hydroxyl groups excluding tert-OH is 1. The van der Waals surface area contributed by atoms with Gasteiger partial charge in [-0.25, -0.2) is 4.79 Å². The van der Waals surface area contributed by atoms with Crippen LogP contribution in [0.15, 0.2) is 30.3 Å². The average molecular weight is 322 g/mol. The summed E-state index contributed by atoms with van der Waals surface area (Å²) in [5, 5.41) is 16.8. The number of thioether (sulfide) groups is 1. The first-order valence-electron chi connectivity index (χ1n) is 7.91. The van der Waals surface area contributed by atoms with Crippen LogP contribution in [0.25, 0.3) is 0 Å². The number of rotatable bonds is 6. The molecule has 0 spiro atoms. The highest BCUT2D eigenvalue weighted by atomic mass is 32.2. The number of amides is 2. The molecule has 1 aliphatic carbocycles. The Morgan fingerprint density at radius 2 is 2.09 bits per heavy atom. The van der Waals surface area contributed by atoms with E-state index in [-0.39, 0.29) is 18.1 Å². The average Bonchev–Trinajstić information content (AvgIpc) is 2.95. The molecule has 1 aromatic carbocycles. The molecule has 2 rings (SSSR count). The van der Waals surface area contributed by atoms with Crippen LogP contribution in [-0.4, -0.2) is 34.7 Å². The van der Waals surface area contributed by atoms with Crippen molar-refractivity contribution in [2.75, 3.05) is 6.26 Å². The Morgan fingerprint density at radius 3 is 2.73 bits per heavy atom. The summed E-state index contributed by atoms with van der Waals surface area (Å²) in [5.41, 5.74) is 0.884. The number of carbonyl (C=O) groups excluding carboxylic acids is 1. The Labute approximate surface area is 137 Å². The highest BCUT2D eigenvalue weighted by Crippen LogP contribution is 2.28. The molecule has 22 heavy (non-hydrogen) atoms. The Morgan fingerprint density at radius 1 is 1.36 bits per heavy atom. The van der Waals surface area contributed by atoms with Crippen molar-refractivity contribution >= 4 is 17.8 Å². The largest absolute Gasteiger partial charge is 0.388 e.